The normalized spacial score (nSPS) is 16.5. The van der Waals surface area contributed by atoms with Gasteiger partial charge in [0, 0.05) is 17.0 Å². The molecule has 0 aliphatic heterocycles. The van der Waals surface area contributed by atoms with Gasteiger partial charge in [-0.2, -0.15) is 0 Å². The molecule has 2 atom stereocenters. The van der Waals surface area contributed by atoms with E-state index in [9.17, 15) is 9.59 Å². The van der Waals surface area contributed by atoms with Crippen LogP contribution in [0.2, 0.25) is 0 Å². The smallest absolute Gasteiger partial charge is 0.256 e. The summed E-state index contributed by atoms with van der Waals surface area (Å²) in [5, 5.41) is 6.97. The Morgan fingerprint density at radius 1 is 0.912 bits per heavy atom. The molecule has 0 saturated heterocycles. The van der Waals surface area contributed by atoms with E-state index in [4.69, 9.17) is 4.74 Å². The molecule has 4 aromatic rings. The maximum atomic E-state index is 12.9. The van der Waals surface area contributed by atoms with Crippen LogP contribution in [0.4, 0.5) is 10.1 Å². The average Bonchev–Trinajstić information content (AvgIpc) is 3.60. The minimum absolute atomic E-state index is 0.0461. The minimum Gasteiger partial charge on any atom is -0.497 e. The molecular formula is C27H23N3O3S. The first-order chi connectivity index (χ1) is 16.6. The van der Waals surface area contributed by atoms with Crippen molar-refractivity contribution in [2.45, 2.75) is 12.3 Å². The van der Waals surface area contributed by atoms with E-state index in [1.807, 2.05) is 48.5 Å². The maximum Gasteiger partial charge on any atom is 0.256 e. The molecule has 7 heteroatoms. The second kappa shape index (κ2) is 9.49. The van der Waals surface area contributed by atoms with Gasteiger partial charge in [-0.25, -0.2) is 4.98 Å². The molecule has 1 aliphatic rings. The van der Waals surface area contributed by atoms with E-state index < -0.39 is 0 Å². The van der Waals surface area contributed by atoms with Crippen LogP contribution in [0.1, 0.15) is 28.3 Å². The molecule has 3 aromatic carbocycles. The molecule has 1 aliphatic carbocycles. The van der Waals surface area contributed by atoms with Crippen molar-refractivity contribution in [2.75, 3.05) is 17.7 Å². The third kappa shape index (κ3) is 4.70. The highest BCUT2D eigenvalue weighted by molar-refractivity contribution is 7.20. The maximum absolute atomic E-state index is 12.9. The summed E-state index contributed by atoms with van der Waals surface area (Å²) in [5.74, 6) is 0.550. The lowest BCUT2D eigenvalue weighted by atomic mass is 10.1. The van der Waals surface area contributed by atoms with Crippen molar-refractivity contribution in [3.63, 3.8) is 0 Å². The van der Waals surface area contributed by atoms with Crippen molar-refractivity contribution in [3.8, 4) is 17.0 Å². The van der Waals surface area contributed by atoms with E-state index in [0.717, 1.165) is 12.0 Å². The number of nitrogens with zero attached hydrogens (tertiary/aromatic N) is 1. The third-order valence-corrected chi connectivity index (χ3v) is 6.72. The first-order valence-electron chi connectivity index (χ1n) is 11.0. The lowest BCUT2D eigenvalue weighted by Crippen LogP contribution is -2.14. The molecule has 170 valence electrons. The number of hydrogen-bond acceptors (Lipinski definition) is 5. The van der Waals surface area contributed by atoms with E-state index in [1.165, 1.54) is 16.9 Å². The summed E-state index contributed by atoms with van der Waals surface area (Å²) >= 11 is 1.26. The highest BCUT2D eigenvalue weighted by Gasteiger charge is 2.44. The highest BCUT2D eigenvalue weighted by Crippen LogP contribution is 2.48. The average molecular weight is 470 g/mol. The Morgan fingerprint density at radius 2 is 1.59 bits per heavy atom. The molecule has 0 spiro atoms. The van der Waals surface area contributed by atoms with Crippen LogP contribution in [-0.4, -0.2) is 23.9 Å². The standard InChI is InChI=1S/C27H23N3O3S/c1-33-20-14-12-19(13-15-20)24(31)29-26-23(18-10-6-3-7-11-18)28-27(34-26)30-25(32)22-16-21(22)17-8-4-2-5-9-17/h2-15,21-22H,16H2,1H3,(H,29,31)(H,28,30,32). The Hall–Kier alpha value is -3.97. The molecule has 2 unspecified atom stereocenters. The van der Waals surface area contributed by atoms with Crippen molar-refractivity contribution in [1.29, 1.82) is 0 Å². The number of carbonyl (C=O) groups is 2. The number of anilines is 2. The second-order valence-corrected chi connectivity index (χ2v) is 9.09. The Bertz CT molecular complexity index is 1300. The highest BCUT2D eigenvalue weighted by atomic mass is 32.1. The molecule has 1 saturated carbocycles. The molecule has 0 bridgehead atoms. The Morgan fingerprint density at radius 3 is 2.26 bits per heavy atom. The van der Waals surface area contributed by atoms with Gasteiger partial charge in [-0.3, -0.25) is 9.59 Å². The number of benzene rings is 3. The van der Waals surface area contributed by atoms with Gasteiger partial charge < -0.3 is 15.4 Å². The Balaban J connectivity index is 1.35. The number of aromatic nitrogens is 1. The van der Waals surface area contributed by atoms with E-state index in [2.05, 4.69) is 27.8 Å². The van der Waals surface area contributed by atoms with Crippen LogP contribution in [0.15, 0.2) is 84.9 Å². The molecule has 1 aromatic heterocycles. The fraction of sp³-hybridized carbons (Fsp3) is 0.148. The zero-order valence-electron chi connectivity index (χ0n) is 18.5. The number of carbonyl (C=O) groups excluding carboxylic acids is 2. The van der Waals surface area contributed by atoms with E-state index in [-0.39, 0.29) is 23.7 Å². The Kier molecular flexibility index (Phi) is 6.10. The molecule has 34 heavy (non-hydrogen) atoms. The van der Waals surface area contributed by atoms with Crippen LogP contribution in [0.25, 0.3) is 11.3 Å². The summed E-state index contributed by atoms with van der Waals surface area (Å²) in [5.41, 5.74) is 3.16. The fourth-order valence-corrected chi connectivity index (χ4v) is 4.80. The van der Waals surface area contributed by atoms with Gasteiger partial charge in [-0.15, -0.1) is 0 Å². The molecule has 6 nitrogen and oxygen atoms in total. The monoisotopic (exact) mass is 469 g/mol. The summed E-state index contributed by atoms with van der Waals surface area (Å²) in [7, 11) is 1.58. The van der Waals surface area contributed by atoms with Gasteiger partial charge in [0.05, 0.1) is 7.11 Å². The van der Waals surface area contributed by atoms with E-state index >= 15 is 0 Å². The van der Waals surface area contributed by atoms with Crippen molar-refractivity contribution in [2.24, 2.45) is 5.92 Å². The zero-order valence-corrected chi connectivity index (χ0v) is 19.3. The number of amides is 2. The topological polar surface area (TPSA) is 80.3 Å². The second-order valence-electron chi connectivity index (χ2n) is 8.09. The van der Waals surface area contributed by atoms with Gasteiger partial charge in [-0.1, -0.05) is 72.0 Å². The summed E-state index contributed by atoms with van der Waals surface area (Å²) in [6, 6.07) is 26.6. The lowest BCUT2D eigenvalue weighted by molar-refractivity contribution is -0.117. The summed E-state index contributed by atoms with van der Waals surface area (Å²) in [4.78, 5) is 30.4. The molecule has 1 fully saturated rings. The number of methoxy groups -OCH3 is 1. The van der Waals surface area contributed by atoms with Gasteiger partial charge in [0.2, 0.25) is 5.91 Å². The summed E-state index contributed by atoms with van der Waals surface area (Å²) < 4.78 is 5.16. The fourth-order valence-electron chi connectivity index (χ4n) is 3.92. The van der Waals surface area contributed by atoms with Gasteiger partial charge >= 0.3 is 0 Å². The predicted molar refractivity (Wildman–Crippen MR) is 134 cm³/mol. The molecule has 0 radical (unpaired) electrons. The quantitative estimate of drug-likeness (QED) is 0.358. The molecule has 2 N–H and O–H groups in total. The first-order valence-corrected chi connectivity index (χ1v) is 11.8. The number of hydrogen-bond donors (Lipinski definition) is 2. The van der Waals surface area contributed by atoms with Crippen molar-refractivity contribution in [1.82, 2.24) is 4.98 Å². The number of thiazole rings is 1. The van der Waals surface area contributed by atoms with Crippen LogP contribution in [0, 0.1) is 5.92 Å². The van der Waals surface area contributed by atoms with Crippen LogP contribution in [0.3, 0.4) is 0 Å². The van der Waals surface area contributed by atoms with Gasteiger partial charge in [-0.05, 0) is 42.2 Å². The molecule has 5 rings (SSSR count). The number of ether oxygens (including phenoxy) is 1. The van der Waals surface area contributed by atoms with E-state index in [0.29, 0.717) is 27.1 Å². The predicted octanol–water partition coefficient (Wildman–Crippen LogP) is 5.81. The molecule has 2 amide bonds. The minimum atomic E-state index is -0.257. The molecule has 1 heterocycles. The Labute approximate surface area is 201 Å². The lowest BCUT2D eigenvalue weighted by Gasteiger charge is -2.06. The van der Waals surface area contributed by atoms with Crippen LogP contribution >= 0.6 is 11.3 Å². The largest absolute Gasteiger partial charge is 0.497 e. The number of nitrogens with one attached hydrogen (secondary N) is 2. The van der Waals surface area contributed by atoms with Crippen molar-refractivity contribution in [3.05, 3.63) is 96.1 Å². The SMILES string of the molecule is COc1ccc(C(=O)Nc2sc(NC(=O)C3CC3c3ccccc3)nc2-c2ccccc2)cc1. The van der Waals surface area contributed by atoms with E-state index in [1.54, 1.807) is 31.4 Å². The first kappa shape index (κ1) is 21.9. The van der Waals surface area contributed by atoms with Gasteiger partial charge in [0.1, 0.15) is 16.4 Å². The number of rotatable bonds is 7. The summed E-state index contributed by atoms with van der Waals surface area (Å²) in [6.45, 7) is 0. The van der Waals surface area contributed by atoms with Crippen molar-refractivity contribution >= 4 is 33.3 Å². The zero-order chi connectivity index (χ0) is 23.5. The third-order valence-electron chi connectivity index (χ3n) is 5.84. The van der Waals surface area contributed by atoms with Crippen LogP contribution in [-0.2, 0) is 4.79 Å². The van der Waals surface area contributed by atoms with Crippen molar-refractivity contribution < 1.29 is 14.3 Å². The van der Waals surface area contributed by atoms with Crippen LogP contribution < -0.4 is 15.4 Å². The summed E-state index contributed by atoms with van der Waals surface area (Å²) in [6.07, 6.45) is 0.827. The van der Waals surface area contributed by atoms with Gasteiger partial charge in [0.25, 0.3) is 5.91 Å². The molecular weight excluding hydrogens is 446 g/mol. The van der Waals surface area contributed by atoms with Crippen LogP contribution in [0.5, 0.6) is 5.75 Å². The van der Waals surface area contributed by atoms with Gasteiger partial charge in [0.15, 0.2) is 5.13 Å².